The summed E-state index contributed by atoms with van der Waals surface area (Å²) in [6.07, 6.45) is 3.19. The number of carbonyl (C=O) groups is 1. The highest BCUT2D eigenvalue weighted by molar-refractivity contribution is 5.95. The van der Waals surface area contributed by atoms with E-state index in [-0.39, 0.29) is 29.2 Å². The van der Waals surface area contributed by atoms with Crippen LogP contribution in [0, 0.1) is 11.3 Å². The minimum Gasteiger partial charge on any atom is -0.462 e. The molecule has 0 amide bonds. The number of anilines is 1. The lowest BCUT2D eigenvalue weighted by molar-refractivity contribution is 0.0528. The number of aromatic amines is 1. The van der Waals surface area contributed by atoms with Crippen LogP contribution >= 0.6 is 0 Å². The Morgan fingerprint density at radius 1 is 1.55 bits per heavy atom. The molecule has 0 atom stereocenters. The number of hydrogen-bond acceptors (Lipinski definition) is 6. The number of rotatable bonds is 6. The molecule has 2 heterocycles. The van der Waals surface area contributed by atoms with Gasteiger partial charge >= 0.3 is 5.97 Å². The number of H-pyrrole nitrogens is 1. The van der Waals surface area contributed by atoms with E-state index in [1.165, 1.54) is 6.20 Å². The van der Waals surface area contributed by atoms with Gasteiger partial charge in [0, 0.05) is 12.7 Å². The summed E-state index contributed by atoms with van der Waals surface area (Å²) in [5, 5.41) is 14.8. The van der Waals surface area contributed by atoms with E-state index in [2.05, 4.69) is 15.4 Å². The van der Waals surface area contributed by atoms with Crippen LogP contribution in [0.15, 0.2) is 11.0 Å². The molecule has 0 fully saturated rings. The predicted octanol–water partition coefficient (Wildman–Crippen LogP) is 1.28. The van der Waals surface area contributed by atoms with Crippen molar-refractivity contribution >= 4 is 17.4 Å². The maximum Gasteiger partial charge on any atom is 0.343 e. The van der Waals surface area contributed by atoms with E-state index in [0.717, 1.165) is 17.4 Å². The van der Waals surface area contributed by atoms with Gasteiger partial charge in [-0.2, -0.15) is 9.78 Å². The first kappa shape index (κ1) is 15.6. The van der Waals surface area contributed by atoms with Crippen molar-refractivity contribution in [1.29, 1.82) is 5.26 Å². The van der Waals surface area contributed by atoms with Gasteiger partial charge in [-0.05, 0) is 13.3 Å². The number of fused-ring (bicyclic) bond motifs is 1. The minimum atomic E-state index is -0.572. The number of aromatic nitrogens is 3. The third kappa shape index (κ3) is 2.79. The Kier molecular flexibility index (Phi) is 4.78. The van der Waals surface area contributed by atoms with E-state index in [4.69, 9.17) is 10.00 Å². The smallest absolute Gasteiger partial charge is 0.343 e. The fourth-order valence-corrected chi connectivity index (χ4v) is 1.99. The summed E-state index contributed by atoms with van der Waals surface area (Å²) in [6.45, 7) is 4.53. The molecule has 0 saturated heterocycles. The van der Waals surface area contributed by atoms with Crippen molar-refractivity contribution in [2.75, 3.05) is 18.5 Å². The molecule has 0 spiro atoms. The summed E-state index contributed by atoms with van der Waals surface area (Å²) in [4.78, 5) is 28.4. The highest BCUT2D eigenvalue weighted by Gasteiger charge is 2.20. The fraction of sp³-hybridized carbons (Fsp3) is 0.429. The molecule has 22 heavy (non-hydrogen) atoms. The first-order chi connectivity index (χ1) is 10.6. The zero-order valence-electron chi connectivity index (χ0n) is 12.5. The van der Waals surface area contributed by atoms with Crippen molar-refractivity contribution in [1.82, 2.24) is 14.6 Å². The van der Waals surface area contributed by atoms with E-state index in [1.54, 1.807) is 6.92 Å². The monoisotopic (exact) mass is 303 g/mol. The molecule has 0 radical (unpaired) electrons. The van der Waals surface area contributed by atoms with Crippen LogP contribution < -0.4 is 10.9 Å². The Morgan fingerprint density at radius 3 is 2.95 bits per heavy atom. The number of nitriles is 1. The molecule has 0 aromatic carbocycles. The number of ether oxygens (including phenoxy) is 1. The quantitative estimate of drug-likeness (QED) is 0.614. The third-order valence-electron chi connectivity index (χ3n) is 3.09. The lowest BCUT2D eigenvalue weighted by Gasteiger charge is -2.07. The molecule has 2 rings (SSSR count). The molecule has 8 nitrogen and oxygen atoms in total. The first-order valence-electron chi connectivity index (χ1n) is 7.09. The average molecular weight is 303 g/mol. The molecule has 0 aliphatic heterocycles. The summed E-state index contributed by atoms with van der Waals surface area (Å²) in [6, 6.07) is 1.85. The standard InChI is InChI=1S/C14H17N5O3/c1-3-5-6-16-11-9(7-15)13(20)19-12(18-11)10(8-17-19)14(21)22-4-2/h8,16-17H,3-6H2,1-2H3. The Hall–Kier alpha value is -2.82. The number of carbonyl (C=O) groups excluding carboxylic acids is 1. The van der Waals surface area contributed by atoms with E-state index >= 15 is 0 Å². The van der Waals surface area contributed by atoms with Crippen LogP contribution in [0.25, 0.3) is 5.65 Å². The van der Waals surface area contributed by atoms with Crippen molar-refractivity contribution in [2.45, 2.75) is 26.7 Å². The molecule has 2 N–H and O–H groups in total. The van der Waals surface area contributed by atoms with Crippen LogP contribution in [0.3, 0.4) is 0 Å². The van der Waals surface area contributed by atoms with E-state index in [1.807, 2.05) is 13.0 Å². The summed E-state index contributed by atoms with van der Waals surface area (Å²) in [5.41, 5.74) is -0.351. The minimum absolute atomic E-state index is 0.0918. The van der Waals surface area contributed by atoms with Gasteiger partial charge in [0.1, 0.15) is 11.6 Å². The van der Waals surface area contributed by atoms with Crippen molar-refractivity contribution in [3.05, 3.63) is 27.7 Å². The second kappa shape index (κ2) is 6.76. The maximum atomic E-state index is 12.3. The van der Waals surface area contributed by atoms with Crippen molar-refractivity contribution in [3.8, 4) is 6.07 Å². The van der Waals surface area contributed by atoms with Crippen molar-refractivity contribution in [2.24, 2.45) is 0 Å². The molecule has 0 bridgehead atoms. The molecule has 116 valence electrons. The van der Waals surface area contributed by atoms with E-state index in [9.17, 15) is 9.59 Å². The zero-order chi connectivity index (χ0) is 16.1. The highest BCUT2D eigenvalue weighted by atomic mass is 16.5. The Morgan fingerprint density at radius 2 is 2.32 bits per heavy atom. The lowest BCUT2D eigenvalue weighted by Crippen LogP contribution is -2.22. The lowest BCUT2D eigenvalue weighted by atomic mass is 10.3. The topological polar surface area (TPSA) is 112 Å². The molecule has 0 aliphatic rings. The second-order valence-corrected chi connectivity index (χ2v) is 4.60. The second-order valence-electron chi connectivity index (χ2n) is 4.60. The Bertz CT molecular complexity index is 784. The number of nitrogens with zero attached hydrogens (tertiary/aromatic N) is 3. The molecule has 2 aromatic heterocycles. The van der Waals surface area contributed by atoms with Gasteiger partial charge in [-0.3, -0.25) is 9.89 Å². The highest BCUT2D eigenvalue weighted by Crippen LogP contribution is 2.14. The normalized spacial score (nSPS) is 10.4. The predicted molar refractivity (Wildman–Crippen MR) is 79.9 cm³/mol. The number of esters is 1. The van der Waals surface area contributed by atoms with Gasteiger partial charge in [0.25, 0.3) is 5.56 Å². The Balaban J connectivity index is 2.55. The largest absolute Gasteiger partial charge is 0.462 e. The fourth-order valence-electron chi connectivity index (χ4n) is 1.99. The number of hydrogen-bond donors (Lipinski definition) is 2. The molecule has 8 heteroatoms. The Labute approximate surface area is 126 Å². The molecule has 0 saturated carbocycles. The van der Waals surface area contributed by atoms with Crippen LogP contribution in [0.1, 0.15) is 42.6 Å². The van der Waals surface area contributed by atoms with Crippen molar-refractivity contribution in [3.63, 3.8) is 0 Å². The molecular weight excluding hydrogens is 286 g/mol. The SMILES string of the molecule is CCCCNc1nc2c(C(=O)OCC)c[nH]n2c(=O)c1C#N. The van der Waals surface area contributed by atoms with Gasteiger partial charge < -0.3 is 10.1 Å². The summed E-state index contributed by atoms with van der Waals surface area (Å²) in [5.74, 6) is -0.386. The van der Waals surface area contributed by atoms with Gasteiger partial charge in [-0.25, -0.2) is 9.78 Å². The third-order valence-corrected chi connectivity index (χ3v) is 3.09. The van der Waals surface area contributed by atoms with Gasteiger partial charge in [-0.15, -0.1) is 0 Å². The van der Waals surface area contributed by atoms with Crippen LogP contribution in [0.2, 0.25) is 0 Å². The van der Waals surface area contributed by atoms with Crippen LogP contribution in [-0.2, 0) is 4.74 Å². The van der Waals surface area contributed by atoms with Gasteiger partial charge in [0.15, 0.2) is 17.0 Å². The van der Waals surface area contributed by atoms with E-state index < -0.39 is 11.5 Å². The average Bonchev–Trinajstić information content (AvgIpc) is 2.92. The summed E-state index contributed by atoms with van der Waals surface area (Å²) >= 11 is 0. The van der Waals surface area contributed by atoms with Crippen LogP contribution in [0.5, 0.6) is 0 Å². The van der Waals surface area contributed by atoms with Gasteiger partial charge in [-0.1, -0.05) is 13.3 Å². The van der Waals surface area contributed by atoms with Crippen molar-refractivity contribution < 1.29 is 9.53 Å². The molecule has 0 unspecified atom stereocenters. The maximum absolute atomic E-state index is 12.3. The molecular formula is C14H17N5O3. The molecule has 0 aliphatic carbocycles. The zero-order valence-corrected chi connectivity index (χ0v) is 12.5. The first-order valence-corrected chi connectivity index (χ1v) is 7.09. The number of unbranched alkanes of at least 4 members (excludes halogenated alkanes) is 1. The molecule has 2 aromatic rings. The summed E-state index contributed by atoms with van der Waals surface area (Å²) in [7, 11) is 0. The van der Waals surface area contributed by atoms with Gasteiger partial charge in [0.2, 0.25) is 0 Å². The number of nitrogens with one attached hydrogen (secondary N) is 2. The van der Waals surface area contributed by atoms with Gasteiger partial charge in [0.05, 0.1) is 6.61 Å². The summed E-state index contributed by atoms with van der Waals surface area (Å²) < 4.78 is 5.99. The van der Waals surface area contributed by atoms with Crippen LogP contribution in [0.4, 0.5) is 5.82 Å². The van der Waals surface area contributed by atoms with E-state index in [0.29, 0.717) is 6.54 Å². The van der Waals surface area contributed by atoms with Crippen LogP contribution in [-0.4, -0.2) is 33.7 Å².